The van der Waals surface area contributed by atoms with Gasteiger partial charge in [0.05, 0.1) is 12.1 Å². The molecule has 1 saturated heterocycles. The first kappa shape index (κ1) is 12.8. The van der Waals surface area contributed by atoms with Gasteiger partial charge in [0.2, 0.25) is 0 Å². The number of piperidine rings is 1. The number of aromatic nitrogens is 1. The van der Waals surface area contributed by atoms with Crippen LogP contribution in [0.5, 0.6) is 0 Å². The summed E-state index contributed by atoms with van der Waals surface area (Å²) in [6.45, 7) is 0.00741. The molecule has 105 valence electrons. The van der Waals surface area contributed by atoms with Crippen LogP contribution >= 0.6 is 0 Å². The lowest BCUT2D eigenvalue weighted by Gasteiger charge is -2.31. The minimum Gasteiger partial charge on any atom is -0.423 e. The summed E-state index contributed by atoms with van der Waals surface area (Å²) < 4.78 is 32.3. The number of carbonyl (C=O) groups excluding carboxylic acids is 1. The molecule has 20 heavy (non-hydrogen) atoms. The predicted octanol–water partition coefficient (Wildman–Crippen LogP) is 1.96. The average Bonchev–Trinajstić information content (AvgIpc) is 2.80. The Balaban J connectivity index is 2.01. The van der Waals surface area contributed by atoms with E-state index in [0.29, 0.717) is 18.5 Å². The van der Waals surface area contributed by atoms with Crippen molar-refractivity contribution in [1.29, 1.82) is 0 Å². The molecule has 1 fully saturated rings. The number of amides is 1. The first-order chi connectivity index (χ1) is 9.46. The molecule has 1 aromatic carbocycles. The number of hydrogen-bond acceptors (Lipinski definition) is 4. The van der Waals surface area contributed by atoms with Crippen LogP contribution in [0.15, 0.2) is 16.5 Å². The second-order valence-corrected chi connectivity index (χ2v) is 4.81. The maximum atomic E-state index is 13.4. The summed E-state index contributed by atoms with van der Waals surface area (Å²) in [7, 11) is 0. The summed E-state index contributed by atoms with van der Waals surface area (Å²) in [4.78, 5) is 16.8. The molecule has 0 bridgehead atoms. The van der Waals surface area contributed by atoms with Crippen LogP contribution in [0.1, 0.15) is 23.2 Å². The van der Waals surface area contributed by atoms with Gasteiger partial charge in [-0.3, -0.25) is 4.79 Å². The van der Waals surface area contributed by atoms with E-state index in [0.717, 1.165) is 0 Å². The zero-order chi connectivity index (χ0) is 14.3. The van der Waals surface area contributed by atoms with Crippen molar-refractivity contribution in [3.8, 4) is 0 Å². The van der Waals surface area contributed by atoms with Gasteiger partial charge >= 0.3 is 0 Å². The summed E-state index contributed by atoms with van der Waals surface area (Å²) in [5, 5.41) is 0. The maximum Gasteiger partial charge on any atom is 0.298 e. The van der Waals surface area contributed by atoms with E-state index >= 15 is 0 Å². The third-order valence-electron chi connectivity index (χ3n) is 3.25. The van der Waals surface area contributed by atoms with Crippen LogP contribution in [-0.2, 0) is 0 Å². The lowest BCUT2D eigenvalue weighted by Crippen LogP contribution is -2.42. The molecule has 1 amide bonds. The normalized spacial score (nSPS) is 18.4. The van der Waals surface area contributed by atoms with E-state index in [9.17, 15) is 13.6 Å². The van der Waals surface area contributed by atoms with Crippen molar-refractivity contribution < 1.29 is 18.0 Å². The number of benzene rings is 1. The van der Waals surface area contributed by atoms with Crippen LogP contribution in [-0.4, -0.2) is 29.9 Å². The summed E-state index contributed by atoms with van der Waals surface area (Å²) in [6, 6.07) is 5.82. The van der Waals surface area contributed by atoms with E-state index in [-0.39, 0.29) is 23.5 Å². The number of primary amides is 1. The molecule has 0 unspecified atom stereocenters. The van der Waals surface area contributed by atoms with Gasteiger partial charge in [0.15, 0.2) is 5.58 Å². The van der Waals surface area contributed by atoms with Gasteiger partial charge in [-0.1, -0.05) is 0 Å². The van der Waals surface area contributed by atoms with E-state index in [1.807, 2.05) is 0 Å². The van der Waals surface area contributed by atoms with Crippen LogP contribution in [0.3, 0.4) is 0 Å². The van der Waals surface area contributed by atoms with Gasteiger partial charge in [-0.25, -0.2) is 8.78 Å². The number of hydrogen-bond donors (Lipinski definition) is 1. The van der Waals surface area contributed by atoms with Crippen molar-refractivity contribution in [3.63, 3.8) is 0 Å². The first-order valence-corrected chi connectivity index (χ1v) is 6.20. The number of fused-ring (bicyclic) bond motifs is 1. The highest BCUT2D eigenvalue weighted by molar-refractivity contribution is 6.03. The minimum absolute atomic E-state index is 0.0847. The Kier molecular flexibility index (Phi) is 2.84. The number of carbonyl (C=O) groups is 1. The van der Waals surface area contributed by atoms with Crippen molar-refractivity contribution in [1.82, 2.24) is 4.98 Å². The number of halogens is 2. The molecule has 1 aromatic heterocycles. The molecule has 0 atom stereocenters. The van der Waals surface area contributed by atoms with Crippen LogP contribution in [0, 0.1) is 6.07 Å². The molecule has 1 aliphatic rings. The second kappa shape index (κ2) is 4.43. The van der Waals surface area contributed by atoms with Crippen molar-refractivity contribution in [2.45, 2.75) is 18.8 Å². The Morgan fingerprint density at radius 3 is 3.05 bits per heavy atom. The van der Waals surface area contributed by atoms with Gasteiger partial charge in [0.1, 0.15) is 5.52 Å². The van der Waals surface area contributed by atoms with E-state index in [4.69, 9.17) is 10.2 Å². The number of nitrogens with zero attached hydrogens (tertiary/aromatic N) is 2. The summed E-state index contributed by atoms with van der Waals surface area (Å²) in [5.74, 6) is -3.43. The molecule has 0 spiro atoms. The molecule has 0 saturated carbocycles. The summed E-state index contributed by atoms with van der Waals surface area (Å²) in [6.07, 6.45) is 0.227. The predicted molar refractivity (Wildman–Crippen MR) is 67.8 cm³/mol. The van der Waals surface area contributed by atoms with Gasteiger partial charge in [-0.2, -0.15) is 4.98 Å². The van der Waals surface area contributed by atoms with Crippen LogP contribution < -0.4 is 10.6 Å². The zero-order valence-corrected chi connectivity index (χ0v) is 10.5. The fraction of sp³-hybridized carbons (Fsp3) is 0.385. The van der Waals surface area contributed by atoms with Crippen molar-refractivity contribution in [2.24, 2.45) is 5.73 Å². The van der Waals surface area contributed by atoms with Crippen LogP contribution in [0.25, 0.3) is 11.1 Å². The Bertz CT molecular complexity index is 669. The van der Waals surface area contributed by atoms with Gasteiger partial charge in [0.25, 0.3) is 17.8 Å². The fourth-order valence-corrected chi connectivity index (χ4v) is 2.33. The molecular formula is C13H12F2N3O2. The van der Waals surface area contributed by atoms with E-state index < -0.39 is 18.4 Å². The van der Waals surface area contributed by atoms with Gasteiger partial charge in [-0.15, -0.1) is 0 Å². The Morgan fingerprint density at radius 2 is 2.35 bits per heavy atom. The third-order valence-corrected chi connectivity index (χ3v) is 3.25. The molecule has 0 aliphatic carbocycles. The lowest BCUT2D eigenvalue weighted by molar-refractivity contribution is -0.0127. The number of alkyl halides is 2. The minimum atomic E-state index is -2.75. The third kappa shape index (κ3) is 2.19. The van der Waals surface area contributed by atoms with Crippen molar-refractivity contribution >= 4 is 23.0 Å². The van der Waals surface area contributed by atoms with Crippen LogP contribution in [0.4, 0.5) is 14.8 Å². The molecule has 2 N–H and O–H groups in total. The molecule has 1 radical (unpaired) electrons. The highest BCUT2D eigenvalue weighted by Crippen LogP contribution is 2.31. The van der Waals surface area contributed by atoms with E-state index in [1.165, 1.54) is 11.0 Å². The monoisotopic (exact) mass is 280 g/mol. The Morgan fingerprint density at radius 1 is 1.55 bits per heavy atom. The maximum absolute atomic E-state index is 13.4. The summed E-state index contributed by atoms with van der Waals surface area (Å²) in [5.41, 5.74) is 5.91. The zero-order valence-electron chi connectivity index (χ0n) is 10.5. The number of nitrogens with two attached hydrogens (primary N) is 1. The molecule has 2 heterocycles. The van der Waals surface area contributed by atoms with Crippen molar-refractivity contribution in [2.75, 3.05) is 18.0 Å². The Labute approximate surface area is 113 Å². The van der Waals surface area contributed by atoms with Crippen LogP contribution in [0.2, 0.25) is 0 Å². The van der Waals surface area contributed by atoms with E-state index in [1.54, 1.807) is 6.07 Å². The molecule has 2 aromatic rings. The molecular weight excluding hydrogens is 268 g/mol. The van der Waals surface area contributed by atoms with Gasteiger partial charge < -0.3 is 15.1 Å². The highest BCUT2D eigenvalue weighted by atomic mass is 19.3. The smallest absolute Gasteiger partial charge is 0.298 e. The molecule has 3 rings (SSSR count). The molecule has 7 heteroatoms. The number of rotatable bonds is 2. The van der Waals surface area contributed by atoms with Gasteiger partial charge in [-0.05, 0) is 24.6 Å². The fourth-order valence-electron chi connectivity index (χ4n) is 2.33. The number of oxazole rings is 1. The first-order valence-electron chi connectivity index (χ1n) is 6.20. The van der Waals surface area contributed by atoms with Gasteiger partial charge in [0, 0.05) is 13.0 Å². The quantitative estimate of drug-likeness (QED) is 0.912. The topological polar surface area (TPSA) is 72.4 Å². The summed E-state index contributed by atoms with van der Waals surface area (Å²) >= 11 is 0. The molecule has 1 aliphatic heterocycles. The lowest BCUT2D eigenvalue weighted by atomic mass is 10.1. The standard InChI is InChI=1S/C13H12F2N3O2/c14-13(15)5-2-6-18(7-13)12-17-10-8(11(16)19)3-1-4-9(10)20-12/h1,4H,2,5-7H2,(H2,16,19). The SMILES string of the molecule is NC(=O)c1[c]ccc2oc(N3CCCC(F)(F)C3)nc12. The Hall–Kier alpha value is -2.18. The van der Waals surface area contributed by atoms with E-state index in [2.05, 4.69) is 11.1 Å². The second-order valence-electron chi connectivity index (χ2n) is 4.81. The largest absolute Gasteiger partial charge is 0.423 e. The average molecular weight is 280 g/mol. The molecule has 5 nitrogen and oxygen atoms in total. The number of anilines is 1. The highest BCUT2D eigenvalue weighted by Gasteiger charge is 2.37. The van der Waals surface area contributed by atoms with Crippen molar-refractivity contribution in [3.05, 3.63) is 23.8 Å².